The molecule has 0 aliphatic heterocycles. The highest BCUT2D eigenvalue weighted by Gasteiger charge is 2.10. The van der Waals surface area contributed by atoms with Crippen LogP contribution in [-0.4, -0.2) is 24.4 Å². The molecular formula is C18H20N2O2S. The maximum Gasteiger partial charge on any atom is 0.257 e. The predicted octanol–water partition coefficient (Wildman–Crippen LogP) is 4.09. The highest BCUT2D eigenvalue weighted by atomic mass is 32.2. The van der Waals surface area contributed by atoms with Crippen LogP contribution in [0.2, 0.25) is 0 Å². The van der Waals surface area contributed by atoms with E-state index in [2.05, 4.69) is 10.3 Å². The zero-order valence-corrected chi connectivity index (χ0v) is 14.5. The van der Waals surface area contributed by atoms with Gasteiger partial charge in [0, 0.05) is 5.56 Å². The van der Waals surface area contributed by atoms with E-state index in [1.807, 2.05) is 38.3 Å². The van der Waals surface area contributed by atoms with Crippen molar-refractivity contribution in [1.82, 2.24) is 5.32 Å². The molecule has 2 aromatic rings. The second-order valence-corrected chi connectivity index (χ2v) is 5.84. The van der Waals surface area contributed by atoms with E-state index < -0.39 is 0 Å². The van der Waals surface area contributed by atoms with Gasteiger partial charge in [0.1, 0.15) is 5.75 Å². The fourth-order valence-electron chi connectivity index (χ4n) is 2.12. The van der Waals surface area contributed by atoms with Gasteiger partial charge in [-0.1, -0.05) is 30.0 Å². The lowest BCUT2D eigenvalue weighted by atomic mass is 10.1. The van der Waals surface area contributed by atoms with E-state index in [9.17, 15) is 4.79 Å². The van der Waals surface area contributed by atoms with Crippen LogP contribution in [0.4, 0.5) is 5.69 Å². The third-order valence-corrected chi connectivity index (χ3v) is 4.00. The summed E-state index contributed by atoms with van der Waals surface area (Å²) in [5.74, 6) is 0.530. The van der Waals surface area contributed by atoms with Crippen LogP contribution in [0.15, 0.2) is 47.5 Å². The molecule has 0 bridgehead atoms. The van der Waals surface area contributed by atoms with Gasteiger partial charge in [-0.3, -0.25) is 4.79 Å². The van der Waals surface area contributed by atoms with Gasteiger partial charge in [-0.2, -0.15) is 0 Å². The number of carbonyl (C=O) groups is 1. The standard InChI is InChI=1S/C18H20N2O2S/c1-12-6-5-7-13(2)16(12)19-18(23-4)20-17(21)14-8-10-15(22-3)11-9-14/h5-11H,1-4H3,(H,19,20,21). The molecule has 0 unspecified atom stereocenters. The molecule has 0 saturated carbocycles. The maximum atomic E-state index is 12.3. The topological polar surface area (TPSA) is 50.7 Å². The van der Waals surface area contributed by atoms with Crippen LogP contribution in [0.1, 0.15) is 21.5 Å². The number of amides is 1. The zero-order chi connectivity index (χ0) is 16.8. The first-order valence-electron chi connectivity index (χ1n) is 7.19. The number of thioether (sulfide) groups is 1. The number of methoxy groups -OCH3 is 1. The normalized spacial score (nSPS) is 11.2. The van der Waals surface area contributed by atoms with Crippen LogP contribution < -0.4 is 10.1 Å². The van der Waals surface area contributed by atoms with Gasteiger partial charge >= 0.3 is 0 Å². The molecule has 1 N–H and O–H groups in total. The fourth-order valence-corrected chi connectivity index (χ4v) is 2.50. The Morgan fingerprint density at radius 3 is 2.22 bits per heavy atom. The first-order valence-corrected chi connectivity index (χ1v) is 8.42. The number of benzene rings is 2. The first kappa shape index (κ1) is 17.1. The molecule has 0 aliphatic rings. The van der Waals surface area contributed by atoms with E-state index in [1.165, 1.54) is 11.8 Å². The molecule has 0 heterocycles. The minimum Gasteiger partial charge on any atom is -0.497 e. The Bertz CT molecular complexity index is 704. The molecule has 0 aromatic heterocycles. The fraction of sp³-hybridized carbons (Fsp3) is 0.222. The summed E-state index contributed by atoms with van der Waals surface area (Å²) in [4.78, 5) is 16.9. The summed E-state index contributed by atoms with van der Waals surface area (Å²) in [7, 11) is 1.60. The van der Waals surface area contributed by atoms with E-state index in [-0.39, 0.29) is 5.91 Å². The second-order valence-electron chi connectivity index (χ2n) is 5.04. The minimum atomic E-state index is -0.188. The maximum absolute atomic E-state index is 12.3. The Labute approximate surface area is 141 Å². The summed E-state index contributed by atoms with van der Waals surface area (Å²) in [6, 6.07) is 13.0. The van der Waals surface area contributed by atoms with Gasteiger partial charge < -0.3 is 10.1 Å². The van der Waals surface area contributed by atoms with Crippen molar-refractivity contribution in [3.05, 3.63) is 59.2 Å². The third-order valence-electron chi connectivity index (χ3n) is 3.42. The molecule has 0 radical (unpaired) electrons. The largest absolute Gasteiger partial charge is 0.497 e. The summed E-state index contributed by atoms with van der Waals surface area (Å²) in [6.45, 7) is 4.02. The van der Waals surface area contributed by atoms with Crippen LogP contribution in [0.25, 0.3) is 0 Å². The van der Waals surface area contributed by atoms with Crippen molar-refractivity contribution in [1.29, 1.82) is 0 Å². The lowest BCUT2D eigenvalue weighted by Gasteiger charge is -2.09. The van der Waals surface area contributed by atoms with Gasteiger partial charge in [0.2, 0.25) is 0 Å². The van der Waals surface area contributed by atoms with Crippen LogP contribution in [-0.2, 0) is 0 Å². The first-order chi connectivity index (χ1) is 11.0. The van der Waals surface area contributed by atoms with E-state index >= 15 is 0 Å². The summed E-state index contributed by atoms with van der Waals surface area (Å²) in [6.07, 6.45) is 1.89. The van der Waals surface area contributed by atoms with Crippen molar-refractivity contribution >= 4 is 28.5 Å². The number of aryl methyl sites for hydroxylation is 2. The molecule has 0 atom stereocenters. The molecule has 120 valence electrons. The number of nitrogens with one attached hydrogen (secondary N) is 1. The Kier molecular flexibility index (Phi) is 5.82. The summed E-state index contributed by atoms with van der Waals surface area (Å²) < 4.78 is 5.10. The van der Waals surface area contributed by atoms with Crippen LogP contribution in [0.5, 0.6) is 5.75 Å². The number of hydrogen-bond donors (Lipinski definition) is 1. The molecule has 2 rings (SSSR count). The number of carbonyl (C=O) groups excluding carboxylic acids is 1. The predicted molar refractivity (Wildman–Crippen MR) is 97.0 cm³/mol. The Morgan fingerprint density at radius 2 is 1.70 bits per heavy atom. The summed E-state index contributed by atoms with van der Waals surface area (Å²) in [5, 5.41) is 3.43. The molecular weight excluding hydrogens is 308 g/mol. The van der Waals surface area contributed by atoms with Gasteiger partial charge in [0.05, 0.1) is 12.8 Å². The highest BCUT2D eigenvalue weighted by Crippen LogP contribution is 2.24. The van der Waals surface area contributed by atoms with E-state index in [4.69, 9.17) is 4.74 Å². The van der Waals surface area contributed by atoms with Gasteiger partial charge in [-0.15, -0.1) is 0 Å². The molecule has 2 aromatic carbocycles. The molecule has 0 spiro atoms. The van der Waals surface area contributed by atoms with Gasteiger partial charge in [0.25, 0.3) is 5.91 Å². The average molecular weight is 328 g/mol. The van der Waals surface area contributed by atoms with Gasteiger partial charge in [-0.05, 0) is 55.5 Å². The smallest absolute Gasteiger partial charge is 0.257 e. The zero-order valence-electron chi connectivity index (χ0n) is 13.7. The number of ether oxygens (including phenoxy) is 1. The van der Waals surface area contributed by atoms with Crippen molar-refractivity contribution in [2.75, 3.05) is 13.4 Å². The number of aliphatic imine (C=N–C) groups is 1. The van der Waals surface area contributed by atoms with E-state index in [0.29, 0.717) is 10.7 Å². The van der Waals surface area contributed by atoms with Gasteiger partial charge in [-0.25, -0.2) is 4.99 Å². The van der Waals surface area contributed by atoms with E-state index in [0.717, 1.165) is 22.6 Å². The molecule has 0 saturated heterocycles. The highest BCUT2D eigenvalue weighted by molar-refractivity contribution is 8.13. The number of rotatable bonds is 3. The van der Waals surface area contributed by atoms with Crippen molar-refractivity contribution in [3.8, 4) is 5.75 Å². The van der Waals surface area contributed by atoms with Crippen LogP contribution >= 0.6 is 11.8 Å². The number of hydrogen-bond acceptors (Lipinski definition) is 4. The minimum absolute atomic E-state index is 0.188. The van der Waals surface area contributed by atoms with Gasteiger partial charge in [0.15, 0.2) is 5.17 Å². The molecule has 0 fully saturated rings. The van der Waals surface area contributed by atoms with Crippen molar-refractivity contribution < 1.29 is 9.53 Å². The Hall–Kier alpha value is -2.27. The number of para-hydroxylation sites is 1. The summed E-state index contributed by atoms with van der Waals surface area (Å²) in [5.41, 5.74) is 3.62. The molecule has 4 nitrogen and oxygen atoms in total. The van der Waals surface area contributed by atoms with E-state index in [1.54, 1.807) is 31.4 Å². The Morgan fingerprint density at radius 1 is 1.09 bits per heavy atom. The molecule has 1 amide bonds. The molecule has 0 aliphatic carbocycles. The second kappa shape index (κ2) is 7.83. The van der Waals surface area contributed by atoms with Crippen LogP contribution in [0.3, 0.4) is 0 Å². The van der Waals surface area contributed by atoms with Crippen molar-refractivity contribution in [3.63, 3.8) is 0 Å². The quantitative estimate of drug-likeness (QED) is 0.682. The number of amidine groups is 1. The van der Waals surface area contributed by atoms with Crippen LogP contribution in [0, 0.1) is 13.8 Å². The third kappa shape index (κ3) is 4.36. The Balaban J connectivity index is 2.21. The lowest BCUT2D eigenvalue weighted by molar-refractivity contribution is 0.0978. The molecule has 23 heavy (non-hydrogen) atoms. The van der Waals surface area contributed by atoms with Crippen molar-refractivity contribution in [2.24, 2.45) is 4.99 Å². The average Bonchev–Trinajstić information content (AvgIpc) is 2.57. The number of nitrogens with zero attached hydrogens (tertiary/aromatic N) is 1. The lowest BCUT2D eigenvalue weighted by Crippen LogP contribution is -2.28. The molecule has 5 heteroatoms. The SMILES string of the molecule is COc1ccc(C(=O)NC(=Nc2c(C)cccc2C)SC)cc1. The summed E-state index contributed by atoms with van der Waals surface area (Å²) >= 11 is 1.41. The monoisotopic (exact) mass is 328 g/mol. The van der Waals surface area contributed by atoms with Crippen molar-refractivity contribution in [2.45, 2.75) is 13.8 Å².